The molecular formula is C26H33N3O4S. The predicted octanol–water partition coefficient (Wildman–Crippen LogP) is 3.86. The van der Waals surface area contributed by atoms with Crippen molar-refractivity contribution in [3.8, 4) is 0 Å². The molecule has 1 heterocycles. The minimum absolute atomic E-state index is 0.00163. The summed E-state index contributed by atoms with van der Waals surface area (Å²) < 4.78 is 32.8. The number of hydrogen-bond donors (Lipinski definition) is 2. The van der Waals surface area contributed by atoms with Crippen LogP contribution in [0.3, 0.4) is 0 Å². The van der Waals surface area contributed by atoms with Crippen LogP contribution in [0.15, 0.2) is 60.0 Å². The van der Waals surface area contributed by atoms with Gasteiger partial charge in [-0.3, -0.25) is 14.4 Å². The van der Waals surface area contributed by atoms with Crippen LogP contribution in [0.1, 0.15) is 48.0 Å². The summed E-state index contributed by atoms with van der Waals surface area (Å²) in [6.45, 7) is 3.92. The van der Waals surface area contributed by atoms with Gasteiger partial charge in [-0.05, 0) is 48.7 Å². The van der Waals surface area contributed by atoms with Crippen LogP contribution in [0.25, 0.3) is 6.08 Å². The van der Waals surface area contributed by atoms with Crippen molar-refractivity contribution in [2.45, 2.75) is 37.6 Å². The molecule has 0 radical (unpaired) electrons. The molecule has 1 saturated heterocycles. The van der Waals surface area contributed by atoms with Crippen LogP contribution >= 0.6 is 0 Å². The molecule has 2 aromatic carbocycles. The lowest BCUT2D eigenvalue weighted by Crippen LogP contribution is -2.59. The second kappa shape index (κ2) is 11.2. The van der Waals surface area contributed by atoms with Crippen LogP contribution in [0.2, 0.25) is 0 Å². The number of amides is 1. The molecule has 2 aromatic rings. The van der Waals surface area contributed by atoms with E-state index >= 15 is 0 Å². The first-order valence-electron chi connectivity index (χ1n) is 11.9. The van der Waals surface area contributed by atoms with Crippen LogP contribution in [-0.2, 0) is 14.8 Å². The number of ether oxygens (including phenoxy) is 1. The number of hydrogen-bond acceptors (Lipinski definition) is 5. The normalized spacial score (nSPS) is 19.1. The van der Waals surface area contributed by atoms with Crippen molar-refractivity contribution >= 4 is 27.7 Å². The Balaban J connectivity index is 1.35. The van der Waals surface area contributed by atoms with Crippen LogP contribution in [0, 0.1) is 0 Å². The Morgan fingerprint density at radius 3 is 2.32 bits per heavy atom. The van der Waals surface area contributed by atoms with Gasteiger partial charge in [-0.25, -0.2) is 8.42 Å². The van der Waals surface area contributed by atoms with Crippen LogP contribution in [-0.4, -0.2) is 57.6 Å². The molecule has 1 aliphatic heterocycles. The van der Waals surface area contributed by atoms with Gasteiger partial charge in [0.25, 0.3) is 15.9 Å². The molecule has 1 aliphatic carbocycles. The quantitative estimate of drug-likeness (QED) is 0.595. The fourth-order valence-corrected chi connectivity index (χ4v) is 5.69. The van der Waals surface area contributed by atoms with E-state index in [9.17, 15) is 13.2 Å². The summed E-state index contributed by atoms with van der Waals surface area (Å²) in [5, 5.41) is 4.28. The Bertz CT molecular complexity index is 1070. The Morgan fingerprint density at radius 1 is 0.971 bits per heavy atom. The van der Waals surface area contributed by atoms with Gasteiger partial charge in [0.1, 0.15) is 0 Å². The first-order valence-corrected chi connectivity index (χ1v) is 13.5. The molecule has 0 unspecified atom stereocenters. The number of carbonyl (C=O) groups is 1. The van der Waals surface area contributed by atoms with Gasteiger partial charge in [0.2, 0.25) is 0 Å². The van der Waals surface area contributed by atoms with Gasteiger partial charge in [-0.1, -0.05) is 49.6 Å². The summed E-state index contributed by atoms with van der Waals surface area (Å²) in [5.41, 5.74) is 1.72. The van der Waals surface area contributed by atoms with Crippen molar-refractivity contribution in [3.05, 3.63) is 71.1 Å². The molecule has 2 N–H and O–H groups in total. The maximum atomic E-state index is 12.9. The monoisotopic (exact) mass is 483 g/mol. The number of nitrogens with one attached hydrogen (secondary N) is 2. The maximum Gasteiger partial charge on any atom is 0.255 e. The average Bonchev–Trinajstić information content (AvgIpc) is 2.88. The Labute approximate surface area is 202 Å². The molecule has 7 nitrogen and oxygen atoms in total. The fourth-order valence-electron chi connectivity index (χ4n) is 4.82. The zero-order valence-corrected chi connectivity index (χ0v) is 20.2. The third-order valence-corrected chi connectivity index (χ3v) is 7.71. The van der Waals surface area contributed by atoms with Crippen LogP contribution < -0.4 is 10.0 Å². The van der Waals surface area contributed by atoms with Crippen LogP contribution in [0.4, 0.5) is 5.69 Å². The number of rotatable bonds is 8. The van der Waals surface area contributed by atoms with Gasteiger partial charge in [0, 0.05) is 36.4 Å². The summed E-state index contributed by atoms with van der Waals surface area (Å²) in [6.07, 6.45) is 7.33. The van der Waals surface area contributed by atoms with Gasteiger partial charge >= 0.3 is 0 Å². The Morgan fingerprint density at radius 2 is 1.65 bits per heavy atom. The summed E-state index contributed by atoms with van der Waals surface area (Å²) in [5.74, 6) is -0.142. The van der Waals surface area contributed by atoms with Crippen molar-refractivity contribution in [1.82, 2.24) is 10.2 Å². The van der Waals surface area contributed by atoms with E-state index < -0.39 is 10.0 Å². The van der Waals surface area contributed by atoms with E-state index in [-0.39, 0.29) is 11.4 Å². The number of morpholine rings is 1. The highest BCUT2D eigenvalue weighted by molar-refractivity contribution is 7.95. The number of carbonyl (C=O) groups excluding carboxylic acids is 1. The van der Waals surface area contributed by atoms with Crippen molar-refractivity contribution in [3.63, 3.8) is 0 Å². The van der Waals surface area contributed by atoms with E-state index in [0.717, 1.165) is 50.1 Å². The Kier molecular flexibility index (Phi) is 8.03. The molecule has 1 saturated carbocycles. The summed E-state index contributed by atoms with van der Waals surface area (Å²) in [4.78, 5) is 15.4. The van der Waals surface area contributed by atoms with E-state index in [2.05, 4.69) is 14.9 Å². The first kappa shape index (κ1) is 24.4. The minimum Gasteiger partial charge on any atom is -0.379 e. The highest BCUT2D eigenvalue weighted by Gasteiger charge is 2.38. The van der Waals surface area contributed by atoms with E-state index in [1.807, 2.05) is 30.3 Å². The molecule has 0 spiro atoms. The van der Waals surface area contributed by atoms with E-state index in [4.69, 9.17) is 4.74 Å². The number of anilines is 1. The molecule has 0 aromatic heterocycles. The van der Waals surface area contributed by atoms with E-state index in [1.165, 1.54) is 19.3 Å². The lowest BCUT2D eigenvalue weighted by molar-refractivity contribution is -0.0361. The second-order valence-corrected chi connectivity index (χ2v) is 10.6. The second-order valence-electron chi connectivity index (χ2n) is 9.00. The number of sulfonamides is 1. The smallest absolute Gasteiger partial charge is 0.255 e. The zero-order chi connectivity index (χ0) is 23.9. The molecule has 182 valence electrons. The van der Waals surface area contributed by atoms with Crippen molar-refractivity contribution in [2.75, 3.05) is 37.6 Å². The topological polar surface area (TPSA) is 87.7 Å². The molecule has 0 atom stereocenters. The molecular weight excluding hydrogens is 450 g/mol. The van der Waals surface area contributed by atoms with Crippen molar-refractivity contribution in [1.29, 1.82) is 0 Å². The van der Waals surface area contributed by atoms with Crippen molar-refractivity contribution in [2.24, 2.45) is 0 Å². The molecule has 0 bridgehead atoms. The lowest BCUT2D eigenvalue weighted by atomic mass is 9.79. The van der Waals surface area contributed by atoms with E-state index in [1.54, 1.807) is 30.3 Å². The molecule has 34 heavy (non-hydrogen) atoms. The number of benzene rings is 2. The minimum atomic E-state index is -3.66. The summed E-state index contributed by atoms with van der Waals surface area (Å²) in [6, 6.07) is 15.8. The third-order valence-electron chi connectivity index (χ3n) is 6.69. The summed E-state index contributed by atoms with van der Waals surface area (Å²) in [7, 11) is -3.66. The molecule has 2 aliphatic rings. The van der Waals surface area contributed by atoms with Crippen molar-refractivity contribution < 1.29 is 17.9 Å². The van der Waals surface area contributed by atoms with Gasteiger partial charge in [0.15, 0.2) is 0 Å². The van der Waals surface area contributed by atoms with Gasteiger partial charge in [-0.15, -0.1) is 0 Å². The highest BCUT2D eigenvalue weighted by atomic mass is 32.2. The molecule has 1 amide bonds. The van der Waals surface area contributed by atoms with Gasteiger partial charge < -0.3 is 10.1 Å². The SMILES string of the molecule is O=C(NCC1(N2CCOCC2)CCCCC1)c1ccc(NS(=O)(=O)/C=C/c2ccccc2)cc1. The fraction of sp³-hybridized carbons (Fsp3) is 0.423. The summed E-state index contributed by atoms with van der Waals surface area (Å²) >= 11 is 0. The Hall–Kier alpha value is -2.68. The van der Waals surface area contributed by atoms with E-state index in [0.29, 0.717) is 17.8 Å². The molecule has 4 rings (SSSR count). The van der Waals surface area contributed by atoms with Crippen LogP contribution in [0.5, 0.6) is 0 Å². The standard InChI is InChI=1S/C26H33N3O4S/c30-25(27-21-26(14-5-2-6-15-26)29-16-18-33-19-17-29)23-9-11-24(12-10-23)28-34(31,32)20-13-22-7-3-1-4-8-22/h1,3-4,7-13,20,28H,2,5-6,14-19,21H2,(H,27,30)/b20-13+. The maximum absolute atomic E-state index is 12.9. The lowest BCUT2D eigenvalue weighted by Gasteiger charge is -2.48. The third kappa shape index (κ3) is 6.46. The largest absolute Gasteiger partial charge is 0.379 e. The highest BCUT2D eigenvalue weighted by Crippen LogP contribution is 2.34. The molecule has 8 heteroatoms. The predicted molar refractivity (Wildman–Crippen MR) is 135 cm³/mol. The van der Waals surface area contributed by atoms with Gasteiger partial charge in [-0.2, -0.15) is 0 Å². The molecule has 2 fully saturated rings. The first-order chi connectivity index (χ1) is 16.5. The van der Waals surface area contributed by atoms with Gasteiger partial charge in [0.05, 0.1) is 18.6 Å². The number of nitrogens with zero attached hydrogens (tertiary/aromatic N) is 1. The zero-order valence-electron chi connectivity index (χ0n) is 19.4. The average molecular weight is 484 g/mol.